The Kier molecular flexibility index (Phi) is 5.30. The summed E-state index contributed by atoms with van der Waals surface area (Å²) in [6.45, 7) is 0.383. The fourth-order valence-corrected chi connectivity index (χ4v) is 2.53. The second kappa shape index (κ2) is 7.61. The topological polar surface area (TPSA) is 55.2 Å². The number of benzene rings is 2. The lowest BCUT2D eigenvalue weighted by Crippen LogP contribution is -1.99. The van der Waals surface area contributed by atoms with Crippen molar-refractivity contribution < 1.29 is 4.74 Å². The molecule has 1 N–H and O–H groups in total. The highest BCUT2D eigenvalue weighted by Gasteiger charge is 2.04. The zero-order chi connectivity index (χ0) is 16.9. The number of nitrogens with one attached hydrogen (secondary N) is 1. The zero-order valence-electron chi connectivity index (χ0n) is 12.3. The van der Waals surface area contributed by atoms with Gasteiger partial charge in [0.1, 0.15) is 18.7 Å². The second-order valence-electron chi connectivity index (χ2n) is 4.85. The van der Waals surface area contributed by atoms with Crippen LogP contribution >= 0.6 is 35.4 Å². The van der Waals surface area contributed by atoms with E-state index in [1.165, 1.54) is 11.0 Å². The van der Waals surface area contributed by atoms with Gasteiger partial charge in [-0.15, -0.1) is 0 Å². The van der Waals surface area contributed by atoms with Crippen LogP contribution in [0.4, 0.5) is 0 Å². The molecule has 3 rings (SSSR count). The quantitative estimate of drug-likeness (QED) is 0.516. The minimum atomic E-state index is 0.383. The molecule has 0 spiro atoms. The van der Waals surface area contributed by atoms with Crippen molar-refractivity contribution in [3.05, 3.63) is 74.7 Å². The van der Waals surface area contributed by atoms with Gasteiger partial charge in [0.25, 0.3) is 0 Å². The van der Waals surface area contributed by atoms with Crippen LogP contribution in [-0.4, -0.2) is 21.1 Å². The van der Waals surface area contributed by atoms with Gasteiger partial charge < -0.3 is 4.74 Å². The van der Waals surface area contributed by atoms with E-state index < -0.39 is 0 Å². The number of H-pyrrole nitrogens is 1. The van der Waals surface area contributed by atoms with Gasteiger partial charge in [0.15, 0.2) is 0 Å². The maximum absolute atomic E-state index is 6.07. The molecule has 2 aromatic carbocycles. The summed E-state index contributed by atoms with van der Waals surface area (Å²) in [6, 6.07) is 12.8. The van der Waals surface area contributed by atoms with Crippen molar-refractivity contribution in [3.63, 3.8) is 0 Å². The molecule has 3 aromatic rings. The first kappa shape index (κ1) is 16.7. The molecule has 1 aromatic heterocycles. The third kappa shape index (κ3) is 4.23. The van der Waals surface area contributed by atoms with Crippen molar-refractivity contribution in [1.29, 1.82) is 0 Å². The fourth-order valence-electron chi connectivity index (χ4n) is 1.99. The lowest BCUT2D eigenvalue weighted by molar-refractivity contribution is 0.306. The van der Waals surface area contributed by atoms with E-state index >= 15 is 0 Å². The highest BCUT2D eigenvalue weighted by atomic mass is 35.5. The van der Waals surface area contributed by atoms with Crippen molar-refractivity contribution in [2.24, 2.45) is 5.10 Å². The van der Waals surface area contributed by atoms with Crippen molar-refractivity contribution in [1.82, 2.24) is 14.9 Å². The van der Waals surface area contributed by atoms with Crippen LogP contribution in [0.2, 0.25) is 10.0 Å². The first-order chi connectivity index (χ1) is 11.6. The number of aromatic nitrogens is 3. The minimum Gasteiger partial charge on any atom is -0.488 e. The van der Waals surface area contributed by atoms with Crippen LogP contribution in [0.1, 0.15) is 11.1 Å². The monoisotopic (exact) mass is 378 g/mol. The molecule has 1 heterocycles. The molecule has 0 bridgehead atoms. The standard InChI is InChI=1S/C16H12Cl2N4OS/c17-13-3-1-2-11(6-13)9-23-15-5-4-14(18)7-12(15)8-20-22-10-19-21-16(22)24/h1-8,10H,9H2,(H,21,24). The van der Waals surface area contributed by atoms with Gasteiger partial charge in [0, 0.05) is 15.6 Å². The third-order valence-electron chi connectivity index (χ3n) is 3.11. The van der Waals surface area contributed by atoms with Gasteiger partial charge in [0.2, 0.25) is 4.77 Å². The predicted molar refractivity (Wildman–Crippen MR) is 97.6 cm³/mol. The number of aromatic amines is 1. The van der Waals surface area contributed by atoms with Crippen molar-refractivity contribution in [2.45, 2.75) is 6.61 Å². The molecule has 0 aliphatic carbocycles. The van der Waals surface area contributed by atoms with Gasteiger partial charge in [-0.1, -0.05) is 35.3 Å². The van der Waals surface area contributed by atoms with Gasteiger partial charge in [-0.2, -0.15) is 14.9 Å². The normalized spacial score (nSPS) is 11.1. The van der Waals surface area contributed by atoms with Gasteiger partial charge in [-0.25, -0.2) is 0 Å². The van der Waals surface area contributed by atoms with Crippen molar-refractivity contribution in [2.75, 3.05) is 0 Å². The lowest BCUT2D eigenvalue weighted by atomic mass is 10.2. The second-order valence-corrected chi connectivity index (χ2v) is 6.11. The summed E-state index contributed by atoms with van der Waals surface area (Å²) >= 11 is 17.1. The van der Waals surface area contributed by atoms with Crippen LogP contribution in [-0.2, 0) is 6.61 Å². The Morgan fingerprint density at radius 1 is 1.21 bits per heavy atom. The number of ether oxygens (including phenoxy) is 1. The van der Waals surface area contributed by atoms with Crippen LogP contribution in [0.15, 0.2) is 53.9 Å². The predicted octanol–water partition coefficient (Wildman–Crippen LogP) is 4.71. The summed E-state index contributed by atoms with van der Waals surface area (Å²) in [5.74, 6) is 0.651. The number of nitrogens with zero attached hydrogens (tertiary/aromatic N) is 3. The highest BCUT2D eigenvalue weighted by Crippen LogP contribution is 2.23. The van der Waals surface area contributed by atoms with E-state index in [1.54, 1.807) is 24.4 Å². The molecule has 0 fully saturated rings. The number of rotatable bonds is 5. The van der Waals surface area contributed by atoms with Gasteiger partial charge in [-0.05, 0) is 48.1 Å². The van der Waals surface area contributed by atoms with E-state index in [4.69, 9.17) is 40.2 Å². The van der Waals surface area contributed by atoms with Crippen LogP contribution in [0.25, 0.3) is 0 Å². The average Bonchev–Trinajstić information content (AvgIpc) is 2.97. The summed E-state index contributed by atoms with van der Waals surface area (Å²) in [7, 11) is 0. The fraction of sp³-hybridized carbons (Fsp3) is 0.0625. The first-order valence-corrected chi connectivity index (χ1v) is 8.11. The molecule has 8 heteroatoms. The molecule has 0 amide bonds. The Morgan fingerprint density at radius 2 is 2.04 bits per heavy atom. The Morgan fingerprint density at radius 3 is 2.79 bits per heavy atom. The molecule has 5 nitrogen and oxygen atoms in total. The van der Waals surface area contributed by atoms with E-state index in [9.17, 15) is 0 Å². The molecular formula is C16H12Cl2N4OS. The molecule has 0 aliphatic heterocycles. The molecule has 122 valence electrons. The Balaban J connectivity index is 1.81. The maximum atomic E-state index is 6.07. The highest BCUT2D eigenvalue weighted by molar-refractivity contribution is 7.71. The SMILES string of the molecule is S=c1[nH]ncn1N=Cc1cc(Cl)ccc1OCc1cccc(Cl)c1. The van der Waals surface area contributed by atoms with Crippen molar-refractivity contribution >= 4 is 41.6 Å². The van der Waals surface area contributed by atoms with Crippen LogP contribution in [0.5, 0.6) is 5.75 Å². The van der Waals surface area contributed by atoms with Crippen LogP contribution in [0, 0.1) is 4.77 Å². The molecule has 0 aliphatic rings. The zero-order valence-corrected chi connectivity index (χ0v) is 14.6. The van der Waals surface area contributed by atoms with Gasteiger partial charge in [0.05, 0.1) is 6.21 Å². The maximum Gasteiger partial charge on any atom is 0.216 e. The summed E-state index contributed by atoms with van der Waals surface area (Å²) in [4.78, 5) is 0. The molecule has 0 atom stereocenters. The largest absolute Gasteiger partial charge is 0.488 e. The van der Waals surface area contributed by atoms with E-state index in [0.29, 0.717) is 27.2 Å². The number of halogens is 2. The smallest absolute Gasteiger partial charge is 0.216 e. The molecule has 0 saturated carbocycles. The molecule has 0 radical (unpaired) electrons. The third-order valence-corrected chi connectivity index (χ3v) is 3.86. The number of hydrogen-bond acceptors (Lipinski definition) is 4. The van der Waals surface area contributed by atoms with Crippen LogP contribution < -0.4 is 4.74 Å². The average molecular weight is 379 g/mol. The molecule has 24 heavy (non-hydrogen) atoms. The minimum absolute atomic E-state index is 0.383. The van der Waals surface area contributed by atoms with E-state index in [-0.39, 0.29) is 0 Å². The molecule has 0 unspecified atom stereocenters. The van der Waals surface area contributed by atoms with Crippen LogP contribution in [0.3, 0.4) is 0 Å². The summed E-state index contributed by atoms with van der Waals surface area (Å²) < 4.78 is 7.71. The van der Waals surface area contributed by atoms with Gasteiger partial charge >= 0.3 is 0 Å². The van der Waals surface area contributed by atoms with Gasteiger partial charge in [-0.3, -0.25) is 5.10 Å². The Bertz CT molecular complexity index is 936. The summed E-state index contributed by atoms with van der Waals surface area (Å²) in [6.07, 6.45) is 3.10. The first-order valence-electron chi connectivity index (χ1n) is 6.95. The van der Waals surface area contributed by atoms with Crippen molar-refractivity contribution in [3.8, 4) is 5.75 Å². The Labute approximate surface area is 153 Å². The number of hydrogen-bond donors (Lipinski definition) is 1. The summed E-state index contributed by atoms with van der Waals surface area (Å²) in [5.41, 5.74) is 1.70. The summed E-state index contributed by atoms with van der Waals surface area (Å²) in [5, 5.41) is 11.9. The molecular weight excluding hydrogens is 367 g/mol. The van der Waals surface area contributed by atoms with E-state index in [1.807, 2.05) is 24.3 Å². The lowest BCUT2D eigenvalue weighted by Gasteiger charge is -2.10. The molecule has 0 saturated heterocycles. The van der Waals surface area contributed by atoms with E-state index in [2.05, 4.69) is 15.3 Å². The Hall–Kier alpha value is -2.15. The van der Waals surface area contributed by atoms with E-state index in [0.717, 1.165) is 11.1 Å².